The molecule has 0 saturated carbocycles. The number of allylic oxidation sites excluding steroid dienone is 1. The van der Waals surface area contributed by atoms with Crippen molar-refractivity contribution in [1.82, 2.24) is 4.72 Å². The molecule has 0 aliphatic rings. The van der Waals surface area contributed by atoms with Crippen LogP contribution in [0.25, 0.3) is 0 Å². The van der Waals surface area contributed by atoms with Gasteiger partial charge in [-0.25, -0.2) is 13.1 Å². The maximum Gasteiger partial charge on any atom is 0.216 e. The average Bonchev–Trinajstić information content (AvgIpc) is 2.28. The zero-order valence-electron chi connectivity index (χ0n) is 10.5. The number of hydrogen-bond acceptors (Lipinski definition) is 3. The number of nitrogens with one attached hydrogen (secondary N) is 1. The van der Waals surface area contributed by atoms with Crippen LogP contribution in [-0.4, -0.2) is 15.0 Å². The molecule has 1 aromatic rings. The number of benzene rings is 1. The minimum Gasteiger partial charge on any atom is -0.212 e. The lowest BCUT2D eigenvalue weighted by Crippen LogP contribution is -2.25. The summed E-state index contributed by atoms with van der Waals surface area (Å²) in [5.74, 6) is -0.173. The first-order valence-electron chi connectivity index (χ1n) is 5.53. The molecule has 18 heavy (non-hydrogen) atoms. The lowest BCUT2D eigenvalue weighted by Gasteiger charge is -2.06. The second kappa shape index (κ2) is 6.34. The molecule has 1 N–H and O–H groups in total. The average molecular weight is 264 g/mol. The molecule has 0 atom stereocenters. The largest absolute Gasteiger partial charge is 0.216 e. The quantitative estimate of drug-likeness (QED) is 0.826. The third-order valence-corrected chi connectivity index (χ3v) is 3.59. The molecule has 0 aromatic heterocycles. The molecule has 0 spiro atoms. The van der Waals surface area contributed by atoms with Crippen molar-refractivity contribution in [2.45, 2.75) is 19.6 Å². The van der Waals surface area contributed by atoms with E-state index in [1.807, 2.05) is 19.9 Å². The van der Waals surface area contributed by atoms with Crippen molar-refractivity contribution in [3.63, 3.8) is 0 Å². The van der Waals surface area contributed by atoms with Gasteiger partial charge < -0.3 is 0 Å². The van der Waals surface area contributed by atoms with Crippen molar-refractivity contribution in [3.8, 4) is 6.07 Å². The first-order chi connectivity index (χ1) is 8.44. The van der Waals surface area contributed by atoms with E-state index in [0.29, 0.717) is 11.1 Å². The molecule has 0 amide bonds. The Labute approximate surface area is 108 Å². The number of nitriles is 1. The standard InChI is InChI=1S/C13H16N2O2S/c1-11(2)7-8-15-18(16,17)10-13-6-4-3-5-12(13)9-14/h3-7,15H,8,10H2,1-2H3. The summed E-state index contributed by atoms with van der Waals surface area (Å²) in [6.07, 6.45) is 1.80. The fourth-order valence-corrected chi connectivity index (χ4v) is 2.48. The smallest absolute Gasteiger partial charge is 0.212 e. The van der Waals surface area contributed by atoms with E-state index in [9.17, 15) is 8.42 Å². The van der Waals surface area contributed by atoms with Crippen LogP contribution >= 0.6 is 0 Å². The molecule has 0 saturated heterocycles. The van der Waals surface area contributed by atoms with Crippen LogP contribution in [0.5, 0.6) is 0 Å². The second-order valence-electron chi connectivity index (χ2n) is 4.16. The fraction of sp³-hybridized carbons (Fsp3) is 0.308. The minimum absolute atomic E-state index is 0.173. The molecule has 0 radical (unpaired) electrons. The predicted octanol–water partition coefficient (Wildman–Crippen LogP) is 1.94. The van der Waals surface area contributed by atoms with Gasteiger partial charge in [-0.15, -0.1) is 0 Å². The minimum atomic E-state index is -3.41. The van der Waals surface area contributed by atoms with E-state index in [-0.39, 0.29) is 12.3 Å². The van der Waals surface area contributed by atoms with Crippen LogP contribution in [0.15, 0.2) is 35.9 Å². The number of nitrogens with zero attached hydrogens (tertiary/aromatic N) is 1. The van der Waals surface area contributed by atoms with E-state index in [2.05, 4.69) is 4.72 Å². The third-order valence-electron chi connectivity index (χ3n) is 2.30. The Kier molecular flexibility index (Phi) is 5.08. The zero-order valence-corrected chi connectivity index (χ0v) is 11.3. The third kappa shape index (κ3) is 4.70. The van der Waals surface area contributed by atoms with E-state index in [0.717, 1.165) is 5.57 Å². The van der Waals surface area contributed by atoms with E-state index in [4.69, 9.17) is 5.26 Å². The van der Waals surface area contributed by atoms with Crippen LogP contribution in [0, 0.1) is 11.3 Å². The summed E-state index contributed by atoms with van der Waals surface area (Å²) < 4.78 is 26.1. The number of hydrogen-bond donors (Lipinski definition) is 1. The molecule has 0 aliphatic heterocycles. The summed E-state index contributed by atoms with van der Waals surface area (Å²) in [7, 11) is -3.41. The van der Waals surface area contributed by atoms with Crippen molar-refractivity contribution in [1.29, 1.82) is 5.26 Å². The first-order valence-corrected chi connectivity index (χ1v) is 7.18. The molecule has 96 valence electrons. The molecule has 1 rings (SSSR count). The summed E-state index contributed by atoms with van der Waals surface area (Å²) in [5.41, 5.74) is 1.96. The maximum atomic E-state index is 11.8. The molecule has 5 heteroatoms. The van der Waals surface area contributed by atoms with Gasteiger partial charge in [0.25, 0.3) is 0 Å². The summed E-state index contributed by atoms with van der Waals surface area (Å²) in [4.78, 5) is 0. The van der Waals surface area contributed by atoms with Crippen LogP contribution in [-0.2, 0) is 15.8 Å². The second-order valence-corrected chi connectivity index (χ2v) is 5.96. The highest BCUT2D eigenvalue weighted by atomic mass is 32.2. The highest BCUT2D eigenvalue weighted by Gasteiger charge is 2.12. The molecular formula is C13H16N2O2S. The number of sulfonamides is 1. The first kappa shape index (κ1) is 14.4. The Bertz CT molecular complexity index is 579. The molecule has 0 bridgehead atoms. The van der Waals surface area contributed by atoms with Crippen molar-refractivity contribution >= 4 is 10.0 Å². The monoisotopic (exact) mass is 264 g/mol. The molecule has 0 aliphatic carbocycles. The number of rotatable bonds is 5. The highest BCUT2D eigenvalue weighted by Crippen LogP contribution is 2.10. The van der Waals surface area contributed by atoms with Gasteiger partial charge in [0.2, 0.25) is 10.0 Å². The summed E-state index contributed by atoms with van der Waals surface area (Å²) in [6, 6.07) is 8.69. The van der Waals surface area contributed by atoms with Gasteiger partial charge in [0.1, 0.15) is 0 Å². The van der Waals surface area contributed by atoms with Gasteiger partial charge in [0.05, 0.1) is 17.4 Å². The summed E-state index contributed by atoms with van der Waals surface area (Å²) in [6.45, 7) is 4.08. The van der Waals surface area contributed by atoms with Gasteiger partial charge >= 0.3 is 0 Å². The van der Waals surface area contributed by atoms with Gasteiger partial charge in [-0.2, -0.15) is 5.26 Å². The summed E-state index contributed by atoms with van der Waals surface area (Å²) in [5, 5.41) is 8.89. The van der Waals surface area contributed by atoms with Crippen molar-refractivity contribution in [2.75, 3.05) is 6.54 Å². The van der Waals surface area contributed by atoms with Crippen molar-refractivity contribution in [2.24, 2.45) is 0 Å². The van der Waals surface area contributed by atoms with E-state index < -0.39 is 10.0 Å². The van der Waals surface area contributed by atoms with Gasteiger partial charge in [-0.05, 0) is 25.5 Å². The molecule has 0 heterocycles. The Morgan fingerprint density at radius 3 is 2.67 bits per heavy atom. The Balaban J connectivity index is 2.77. The predicted molar refractivity (Wildman–Crippen MR) is 71.2 cm³/mol. The fourth-order valence-electron chi connectivity index (χ4n) is 1.38. The van der Waals surface area contributed by atoms with Gasteiger partial charge in [-0.3, -0.25) is 0 Å². The highest BCUT2D eigenvalue weighted by molar-refractivity contribution is 7.88. The van der Waals surface area contributed by atoms with Crippen LogP contribution in [0.3, 0.4) is 0 Å². The lowest BCUT2D eigenvalue weighted by atomic mass is 10.1. The van der Waals surface area contributed by atoms with Crippen LogP contribution in [0.4, 0.5) is 0 Å². The van der Waals surface area contributed by atoms with Gasteiger partial charge in [0, 0.05) is 6.54 Å². The lowest BCUT2D eigenvalue weighted by molar-refractivity contribution is 0.584. The Morgan fingerprint density at radius 2 is 2.06 bits per heavy atom. The SMILES string of the molecule is CC(C)=CCNS(=O)(=O)Cc1ccccc1C#N. The normalized spacial score (nSPS) is 10.7. The molecule has 4 nitrogen and oxygen atoms in total. The van der Waals surface area contributed by atoms with Gasteiger partial charge in [0.15, 0.2) is 0 Å². The maximum absolute atomic E-state index is 11.8. The zero-order chi connectivity index (χ0) is 13.6. The Hall–Kier alpha value is -1.64. The molecule has 0 unspecified atom stereocenters. The summed E-state index contributed by atoms with van der Waals surface area (Å²) >= 11 is 0. The van der Waals surface area contributed by atoms with E-state index in [1.54, 1.807) is 30.3 Å². The van der Waals surface area contributed by atoms with Crippen molar-refractivity contribution < 1.29 is 8.42 Å². The van der Waals surface area contributed by atoms with E-state index >= 15 is 0 Å². The molecule has 1 aromatic carbocycles. The topological polar surface area (TPSA) is 70.0 Å². The van der Waals surface area contributed by atoms with E-state index in [1.165, 1.54) is 0 Å². The molecular weight excluding hydrogens is 248 g/mol. The van der Waals surface area contributed by atoms with Crippen molar-refractivity contribution in [3.05, 3.63) is 47.0 Å². The van der Waals surface area contributed by atoms with Crippen LogP contribution < -0.4 is 4.72 Å². The van der Waals surface area contributed by atoms with Crippen LogP contribution in [0.1, 0.15) is 25.0 Å². The van der Waals surface area contributed by atoms with Gasteiger partial charge in [-0.1, -0.05) is 29.8 Å². The van der Waals surface area contributed by atoms with Crippen LogP contribution in [0.2, 0.25) is 0 Å². The Morgan fingerprint density at radius 1 is 1.39 bits per heavy atom. The molecule has 0 fully saturated rings.